The van der Waals surface area contributed by atoms with Crippen LogP contribution in [0.15, 0.2) is 4.52 Å². The van der Waals surface area contributed by atoms with Gasteiger partial charge in [0, 0.05) is 32.3 Å². The first-order valence-electron chi connectivity index (χ1n) is 10.7. The second kappa shape index (κ2) is 8.75. The predicted molar refractivity (Wildman–Crippen MR) is 111 cm³/mol. The summed E-state index contributed by atoms with van der Waals surface area (Å²) in [5.74, 6) is 1.82. The second-order valence-corrected chi connectivity index (χ2v) is 8.33. The number of hydrogen-bond donors (Lipinski definition) is 1. The third-order valence-corrected chi connectivity index (χ3v) is 6.24. The van der Waals surface area contributed by atoms with E-state index in [0.717, 1.165) is 36.7 Å². The smallest absolute Gasteiger partial charge is 0.280 e. The minimum absolute atomic E-state index is 0.103. The van der Waals surface area contributed by atoms with Crippen LogP contribution in [0.1, 0.15) is 55.7 Å². The lowest BCUT2D eigenvalue weighted by Gasteiger charge is -2.41. The number of hydrogen-bond acceptors (Lipinski definition) is 8. The molecule has 1 N–H and O–H groups in total. The number of aryl methyl sites for hydroxylation is 3. The van der Waals surface area contributed by atoms with Crippen molar-refractivity contribution in [3.8, 4) is 11.6 Å². The Morgan fingerprint density at radius 2 is 1.76 bits per heavy atom. The van der Waals surface area contributed by atoms with Crippen LogP contribution >= 0.6 is 0 Å². The number of methoxy groups -OCH3 is 1. The number of nitrogens with zero attached hydrogens (tertiary/aromatic N) is 5. The first kappa shape index (κ1) is 20.2. The summed E-state index contributed by atoms with van der Waals surface area (Å²) in [7, 11) is 1.80. The molecule has 29 heavy (non-hydrogen) atoms. The zero-order valence-electron chi connectivity index (χ0n) is 17.9. The molecule has 8 heteroatoms. The van der Waals surface area contributed by atoms with Crippen LogP contribution in [0.3, 0.4) is 0 Å². The van der Waals surface area contributed by atoms with Crippen LogP contribution < -0.4 is 10.2 Å². The van der Waals surface area contributed by atoms with Crippen LogP contribution in [-0.2, 0) is 4.74 Å². The number of ether oxygens (including phenoxy) is 1. The van der Waals surface area contributed by atoms with E-state index in [0.29, 0.717) is 29.5 Å². The van der Waals surface area contributed by atoms with Crippen LogP contribution in [-0.4, -0.2) is 58.5 Å². The van der Waals surface area contributed by atoms with Gasteiger partial charge in [0.2, 0.25) is 0 Å². The first-order valence-corrected chi connectivity index (χ1v) is 10.7. The summed E-state index contributed by atoms with van der Waals surface area (Å²) in [5.41, 5.74) is 2.44. The fourth-order valence-electron chi connectivity index (χ4n) is 4.46. The molecule has 0 aromatic carbocycles. The van der Waals surface area contributed by atoms with Crippen LogP contribution in [0.25, 0.3) is 11.6 Å². The van der Waals surface area contributed by atoms with Gasteiger partial charge >= 0.3 is 0 Å². The van der Waals surface area contributed by atoms with E-state index in [2.05, 4.69) is 20.4 Å². The van der Waals surface area contributed by atoms with Crippen LogP contribution in [0, 0.1) is 20.8 Å². The van der Waals surface area contributed by atoms with Gasteiger partial charge < -0.3 is 19.5 Å². The Morgan fingerprint density at radius 3 is 2.45 bits per heavy atom. The standard InChI is InChI=1S/C21H32N6O2/c1-13-14(2)23-20(19(22-13)21-24-15(3)26-29-21)27-11-10-17(18(12-27)28-4)25-16-8-6-5-7-9-16/h16-18,25H,5-12H2,1-4H3. The molecule has 1 aliphatic carbocycles. The second-order valence-electron chi connectivity index (χ2n) is 8.33. The molecule has 2 fully saturated rings. The van der Waals surface area contributed by atoms with E-state index in [4.69, 9.17) is 19.2 Å². The molecule has 2 aromatic rings. The SMILES string of the molecule is COC1CN(c2nc(C)c(C)nc2-c2nc(C)no2)CCC1NC1CCCCC1. The lowest BCUT2D eigenvalue weighted by atomic mass is 9.92. The highest BCUT2D eigenvalue weighted by atomic mass is 16.5. The molecule has 1 saturated heterocycles. The van der Waals surface area contributed by atoms with Gasteiger partial charge in [-0.25, -0.2) is 9.97 Å². The fraction of sp³-hybridized carbons (Fsp3) is 0.714. The van der Waals surface area contributed by atoms with Gasteiger partial charge in [-0.15, -0.1) is 0 Å². The molecule has 0 radical (unpaired) electrons. The Morgan fingerprint density at radius 1 is 1.00 bits per heavy atom. The summed E-state index contributed by atoms with van der Waals surface area (Å²) >= 11 is 0. The van der Waals surface area contributed by atoms with Crippen molar-refractivity contribution in [2.45, 2.75) is 77.5 Å². The first-order chi connectivity index (χ1) is 14.0. The Bertz CT molecular complexity index is 833. The van der Waals surface area contributed by atoms with E-state index in [1.54, 1.807) is 7.11 Å². The molecule has 4 rings (SSSR count). The molecule has 2 aromatic heterocycles. The Balaban J connectivity index is 1.55. The zero-order valence-corrected chi connectivity index (χ0v) is 17.9. The summed E-state index contributed by atoms with van der Waals surface area (Å²) in [5, 5.41) is 7.80. The molecule has 2 unspecified atom stereocenters. The Hall–Kier alpha value is -2.06. The molecule has 3 heterocycles. The Kier molecular flexibility index (Phi) is 6.10. The molecular formula is C21H32N6O2. The van der Waals surface area contributed by atoms with E-state index >= 15 is 0 Å². The fourth-order valence-corrected chi connectivity index (χ4v) is 4.46. The maximum Gasteiger partial charge on any atom is 0.280 e. The highest BCUT2D eigenvalue weighted by Gasteiger charge is 2.33. The molecular weight excluding hydrogens is 368 g/mol. The van der Waals surface area contributed by atoms with Crippen LogP contribution in [0.4, 0.5) is 5.82 Å². The molecule has 8 nitrogen and oxygen atoms in total. The van der Waals surface area contributed by atoms with Crippen molar-refractivity contribution < 1.29 is 9.26 Å². The van der Waals surface area contributed by atoms with Crippen molar-refractivity contribution in [2.75, 3.05) is 25.1 Å². The third-order valence-electron chi connectivity index (χ3n) is 6.24. The molecule has 2 atom stereocenters. The lowest BCUT2D eigenvalue weighted by Crippen LogP contribution is -2.56. The van der Waals surface area contributed by atoms with Crippen molar-refractivity contribution in [3.05, 3.63) is 17.2 Å². The van der Waals surface area contributed by atoms with Crippen molar-refractivity contribution in [3.63, 3.8) is 0 Å². The normalized spacial score (nSPS) is 23.5. The maximum atomic E-state index is 5.90. The van der Waals surface area contributed by atoms with Crippen LogP contribution in [0.5, 0.6) is 0 Å². The van der Waals surface area contributed by atoms with E-state index in [9.17, 15) is 0 Å². The molecule has 1 saturated carbocycles. The molecule has 0 bridgehead atoms. The maximum absolute atomic E-state index is 5.90. The average Bonchev–Trinajstić information content (AvgIpc) is 3.17. The van der Waals surface area contributed by atoms with Gasteiger partial charge in [-0.1, -0.05) is 24.4 Å². The van der Waals surface area contributed by atoms with Crippen LogP contribution in [0.2, 0.25) is 0 Å². The van der Waals surface area contributed by atoms with Gasteiger partial charge in [-0.05, 0) is 40.0 Å². The lowest BCUT2D eigenvalue weighted by molar-refractivity contribution is 0.0534. The summed E-state index contributed by atoms with van der Waals surface area (Å²) < 4.78 is 11.3. The minimum Gasteiger partial charge on any atom is -0.378 e. The molecule has 2 aliphatic rings. The van der Waals surface area contributed by atoms with Gasteiger partial charge in [-0.3, -0.25) is 0 Å². The zero-order chi connectivity index (χ0) is 20.4. The summed E-state index contributed by atoms with van der Waals surface area (Å²) in [6.45, 7) is 7.40. The number of piperidine rings is 1. The van der Waals surface area contributed by atoms with Gasteiger partial charge in [0.1, 0.15) is 0 Å². The quantitative estimate of drug-likeness (QED) is 0.819. The third kappa shape index (κ3) is 4.43. The van der Waals surface area contributed by atoms with Gasteiger partial charge in [0.25, 0.3) is 5.89 Å². The van der Waals surface area contributed by atoms with Crippen molar-refractivity contribution in [1.82, 2.24) is 25.4 Å². The number of anilines is 1. The van der Waals surface area contributed by atoms with Crippen molar-refractivity contribution >= 4 is 5.82 Å². The number of rotatable bonds is 5. The average molecular weight is 401 g/mol. The number of nitrogens with one attached hydrogen (secondary N) is 1. The topological polar surface area (TPSA) is 89.2 Å². The van der Waals surface area contributed by atoms with E-state index < -0.39 is 0 Å². The molecule has 0 amide bonds. The highest BCUT2D eigenvalue weighted by molar-refractivity contribution is 5.66. The minimum atomic E-state index is 0.103. The predicted octanol–water partition coefficient (Wildman–Crippen LogP) is 2.97. The number of aromatic nitrogens is 4. The van der Waals surface area contributed by atoms with Gasteiger partial charge in [0.15, 0.2) is 17.3 Å². The van der Waals surface area contributed by atoms with Crippen molar-refractivity contribution in [2.24, 2.45) is 0 Å². The Labute approximate surface area is 172 Å². The summed E-state index contributed by atoms with van der Waals surface area (Å²) in [4.78, 5) is 16.2. The molecule has 1 aliphatic heterocycles. The van der Waals surface area contributed by atoms with E-state index in [-0.39, 0.29) is 6.10 Å². The summed E-state index contributed by atoms with van der Waals surface area (Å²) in [6.07, 6.45) is 7.70. The van der Waals surface area contributed by atoms with Crippen molar-refractivity contribution in [1.29, 1.82) is 0 Å². The summed E-state index contributed by atoms with van der Waals surface area (Å²) in [6, 6.07) is 0.990. The van der Waals surface area contributed by atoms with Gasteiger partial charge in [-0.2, -0.15) is 4.98 Å². The van der Waals surface area contributed by atoms with E-state index in [1.165, 1.54) is 32.1 Å². The van der Waals surface area contributed by atoms with Gasteiger partial charge in [0.05, 0.1) is 17.5 Å². The monoisotopic (exact) mass is 400 g/mol. The molecule has 0 spiro atoms. The molecule has 158 valence electrons. The highest BCUT2D eigenvalue weighted by Crippen LogP contribution is 2.30. The van der Waals surface area contributed by atoms with E-state index in [1.807, 2.05) is 20.8 Å². The largest absolute Gasteiger partial charge is 0.378 e.